The van der Waals surface area contributed by atoms with Crippen molar-refractivity contribution in [3.8, 4) is 23.8 Å². The summed E-state index contributed by atoms with van der Waals surface area (Å²) in [4.78, 5) is 18.8. The Labute approximate surface area is 163 Å². The number of amides is 1. The number of rotatable bonds is 4. The number of nitrogens with zero attached hydrogens (tertiary/aromatic N) is 3. The van der Waals surface area contributed by atoms with Crippen molar-refractivity contribution in [1.29, 1.82) is 0 Å². The van der Waals surface area contributed by atoms with Crippen molar-refractivity contribution in [2.45, 2.75) is 18.8 Å². The van der Waals surface area contributed by atoms with E-state index in [1.165, 1.54) is 0 Å². The van der Waals surface area contributed by atoms with Crippen LogP contribution in [0.1, 0.15) is 40.5 Å². The van der Waals surface area contributed by atoms with Gasteiger partial charge in [-0.3, -0.25) is 14.9 Å². The van der Waals surface area contributed by atoms with E-state index in [2.05, 4.69) is 21.1 Å². The van der Waals surface area contributed by atoms with Crippen molar-refractivity contribution >= 4 is 5.91 Å². The van der Waals surface area contributed by atoms with E-state index in [1.807, 2.05) is 35.2 Å². The molecule has 0 saturated carbocycles. The minimum atomic E-state index is -0.0443. The average Bonchev–Trinajstić information content (AvgIpc) is 3.22. The molecular formula is C22H20N4O2. The predicted octanol–water partition coefficient (Wildman–Crippen LogP) is 3.60. The monoisotopic (exact) mass is 372 g/mol. The first kappa shape index (κ1) is 17.8. The van der Waals surface area contributed by atoms with Gasteiger partial charge in [0.1, 0.15) is 11.4 Å². The quantitative estimate of drug-likeness (QED) is 0.711. The van der Waals surface area contributed by atoms with Crippen LogP contribution in [0.15, 0.2) is 54.9 Å². The number of H-pyrrole nitrogens is 1. The molecule has 1 fully saturated rings. The largest absolute Gasteiger partial charge is 0.454 e. The average molecular weight is 372 g/mol. The highest BCUT2D eigenvalue weighted by Crippen LogP contribution is 2.34. The van der Waals surface area contributed by atoms with E-state index in [0.717, 1.165) is 30.6 Å². The Morgan fingerprint density at radius 1 is 1.25 bits per heavy atom. The number of hydrogen-bond donors (Lipinski definition) is 1. The number of nitrogens with one attached hydrogen (secondary N) is 1. The Hall–Kier alpha value is -3.59. The van der Waals surface area contributed by atoms with Gasteiger partial charge in [0, 0.05) is 30.8 Å². The smallest absolute Gasteiger partial charge is 0.272 e. The second-order valence-corrected chi connectivity index (χ2v) is 6.72. The molecule has 1 aliphatic rings. The lowest BCUT2D eigenvalue weighted by atomic mass is 9.94. The molecule has 28 heavy (non-hydrogen) atoms. The lowest BCUT2D eigenvalue weighted by molar-refractivity contribution is 0.0699. The molecule has 1 atom stereocenters. The minimum absolute atomic E-state index is 0.0443. The molecule has 6 heteroatoms. The molecule has 3 aromatic rings. The number of benzene rings is 1. The van der Waals surface area contributed by atoms with E-state index in [0.29, 0.717) is 23.7 Å². The molecule has 2 aromatic heterocycles. The number of ether oxygens (including phenoxy) is 1. The lowest BCUT2D eigenvalue weighted by Gasteiger charge is -2.32. The van der Waals surface area contributed by atoms with Crippen molar-refractivity contribution in [3.05, 3.63) is 71.8 Å². The van der Waals surface area contributed by atoms with E-state index in [4.69, 9.17) is 11.2 Å². The standard InChI is InChI=1S/C22H20N4O2/c1-2-16-8-10-18(11-9-16)28-20-14-24-25-21(20)17-6-5-13-26(15-17)22(27)19-7-3-4-12-23-19/h1,3-4,7-12,14,17H,5-6,13,15H2,(H,24,25). The molecule has 1 aromatic carbocycles. The highest BCUT2D eigenvalue weighted by Gasteiger charge is 2.29. The third kappa shape index (κ3) is 3.74. The van der Waals surface area contributed by atoms with Gasteiger partial charge in [0.2, 0.25) is 0 Å². The van der Waals surface area contributed by atoms with Crippen LogP contribution in [0.2, 0.25) is 0 Å². The molecule has 3 heterocycles. The summed E-state index contributed by atoms with van der Waals surface area (Å²) >= 11 is 0. The molecule has 1 amide bonds. The lowest BCUT2D eigenvalue weighted by Crippen LogP contribution is -2.39. The van der Waals surface area contributed by atoms with Gasteiger partial charge in [-0.25, -0.2) is 0 Å². The zero-order valence-corrected chi connectivity index (χ0v) is 15.3. The van der Waals surface area contributed by atoms with Crippen LogP contribution in [-0.4, -0.2) is 39.1 Å². The zero-order chi connectivity index (χ0) is 19.3. The maximum Gasteiger partial charge on any atom is 0.272 e. The van der Waals surface area contributed by atoms with Gasteiger partial charge in [-0.1, -0.05) is 12.0 Å². The predicted molar refractivity (Wildman–Crippen MR) is 105 cm³/mol. The molecule has 0 bridgehead atoms. The number of likely N-dealkylation sites (tertiary alicyclic amines) is 1. The van der Waals surface area contributed by atoms with Crippen LogP contribution in [-0.2, 0) is 0 Å². The van der Waals surface area contributed by atoms with Gasteiger partial charge in [0.15, 0.2) is 5.75 Å². The Morgan fingerprint density at radius 2 is 2.11 bits per heavy atom. The van der Waals surface area contributed by atoms with Gasteiger partial charge in [-0.05, 0) is 49.2 Å². The molecule has 1 aliphatic heterocycles. The third-order valence-electron chi connectivity index (χ3n) is 4.88. The number of pyridine rings is 1. The zero-order valence-electron chi connectivity index (χ0n) is 15.3. The molecule has 0 spiro atoms. The van der Waals surface area contributed by atoms with E-state index in [9.17, 15) is 4.79 Å². The first-order valence-electron chi connectivity index (χ1n) is 9.22. The Bertz CT molecular complexity index is 989. The van der Waals surface area contributed by atoms with Crippen LogP contribution in [0, 0.1) is 12.3 Å². The second-order valence-electron chi connectivity index (χ2n) is 6.72. The Kier molecular flexibility index (Phi) is 5.07. The fraction of sp³-hybridized carbons (Fsp3) is 0.227. The maximum absolute atomic E-state index is 12.7. The molecule has 4 rings (SSSR count). The summed E-state index contributed by atoms with van der Waals surface area (Å²) in [6.07, 6.45) is 10.6. The van der Waals surface area contributed by atoms with Gasteiger partial charge in [0.05, 0.1) is 11.9 Å². The first-order chi connectivity index (χ1) is 13.7. The SMILES string of the molecule is C#Cc1ccc(Oc2cn[nH]c2C2CCCN(C(=O)c3ccccn3)C2)cc1. The number of aromatic nitrogens is 3. The minimum Gasteiger partial charge on any atom is -0.454 e. The molecule has 0 aliphatic carbocycles. The van der Waals surface area contributed by atoms with Gasteiger partial charge in [-0.2, -0.15) is 5.10 Å². The highest BCUT2D eigenvalue weighted by atomic mass is 16.5. The maximum atomic E-state index is 12.7. The number of hydrogen-bond acceptors (Lipinski definition) is 4. The number of terminal acetylenes is 1. The van der Waals surface area contributed by atoms with Crippen LogP contribution in [0.25, 0.3) is 0 Å². The molecule has 1 unspecified atom stereocenters. The van der Waals surface area contributed by atoms with E-state index < -0.39 is 0 Å². The number of carbonyl (C=O) groups excluding carboxylic acids is 1. The fourth-order valence-corrected chi connectivity index (χ4v) is 3.45. The molecule has 6 nitrogen and oxygen atoms in total. The summed E-state index contributed by atoms with van der Waals surface area (Å²) in [6, 6.07) is 12.7. The second kappa shape index (κ2) is 7.97. The van der Waals surface area contributed by atoms with Gasteiger partial charge < -0.3 is 9.64 Å². The normalized spacial score (nSPS) is 16.4. The Balaban J connectivity index is 1.49. The first-order valence-corrected chi connectivity index (χ1v) is 9.22. The highest BCUT2D eigenvalue weighted by molar-refractivity contribution is 5.92. The van der Waals surface area contributed by atoms with Crippen molar-refractivity contribution in [3.63, 3.8) is 0 Å². The molecule has 1 saturated heterocycles. The molecule has 0 radical (unpaired) electrons. The molecular weight excluding hydrogens is 352 g/mol. The van der Waals surface area contributed by atoms with Gasteiger partial charge in [-0.15, -0.1) is 6.42 Å². The fourth-order valence-electron chi connectivity index (χ4n) is 3.45. The molecule has 140 valence electrons. The summed E-state index contributed by atoms with van der Waals surface area (Å²) in [5.41, 5.74) is 2.17. The third-order valence-corrected chi connectivity index (χ3v) is 4.88. The van der Waals surface area contributed by atoms with Gasteiger partial charge >= 0.3 is 0 Å². The van der Waals surface area contributed by atoms with Crippen LogP contribution in [0.5, 0.6) is 11.5 Å². The van der Waals surface area contributed by atoms with Crippen molar-refractivity contribution in [2.75, 3.05) is 13.1 Å². The topological polar surface area (TPSA) is 71.1 Å². The van der Waals surface area contributed by atoms with Crippen molar-refractivity contribution in [2.24, 2.45) is 0 Å². The summed E-state index contributed by atoms with van der Waals surface area (Å²) < 4.78 is 6.00. The van der Waals surface area contributed by atoms with Crippen LogP contribution < -0.4 is 4.74 Å². The summed E-state index contributed by atoms with van der Waals surface area (Å²) in [6.45, 7) is 1.33. The van der Waals surface area contributed by atoms with E-state index in [-0.39, 0.29) is 11.8 Å². The number of piperidine rings is 1. The van der Waals surface area contributed by atoms with Crippen LogP contribution >= 0.6 is 0 Å². The summed E-state index contributed by atoms with van der Waals surface area (Å²) in [7, 11) is 0. The Morgan fingerprint density at radius 3 is 2.86 bits per heavy atom. The number of aromatic amines is 1. The van der Waals surface area contributed by atoms with E-state index in [1.54, 1.807) is 24.5 Å². The summed E-state index contributed by atoms with van der Waals surface area (Å²) in [5.74, 6) is 4.04. The van der Waals surface area contributed by atoms with Gasteiger partial charge in [0.25, 0.3) is 5.91 Å². The van der Waals surface area contributed by atoms with Crippen LogP contribution in [0.4, 0.5) is 0 Å². The number of carbonyl (C=O) groups is 1. The summed E-state index contributed by atoms with van der Waals surface area (Å²) in [5, 5.41) is 7.21. The van der Waals surface area contributed by atoms with E-state index >= 15 is 0 Å². The molecule has 1 N–H and O–H groups in total. The van der Waals surface area contributed by atoms with Crippen LogP contribution in [0.3, 0.4) is 0 Å². The van der Waals surface area contributed by atoms with Crippen molar-refractivity contribution in [1.82, 2.24) is 20.1 Å². The van der Waals surface area contributed by atoms with Crippen molar-refractivity contribution < 1.29 is 9.53 Å².